The molecule has 0 bridgehead atoms. The van der Waals surface area contributed by atoms with Gasteiger partial charge in [0.05, 0.1) is 19.8 Å². The Morgan fingerprint density at radius 2 is 2.11 bits per heavy atom. The number of halogens is 2. The lowest BCUT2D eigenvalue weighted by Gasteiger charge is -2.38. The fourth-order valence-electron chi connectivity index (χ4n) is 5.20. The Labute approximate surface area is 223 Å². The molecular weight excluding hydrogens is 503 g/mol. The van der Waals surface area contributed by atoms with Gasteiger partial charge in [-0.25, -0.2) is 14.0 Å². The molecule has 2 fully saturated rings. The fraction of sp³-hybridized carbons (Fsp3) is 0.692. The highest BCUT2D eigenvalue weighted by Crippen LogP contribution is 2.34. The van der Waals surface area contributed by atoms with Gasteiger partial charge in [-0.1, -0.05) is 11.6 Å². The Hall–Kier alpha value is -2.14. The first-order valence-corrected chi connectivity index (χ1v) is 13.4. The number of amides is 3. The minimum Gasteiger partial charge on any atom is -0.453 e. The summed E-state index contributed by atoms with van der Waals surface area (Å²) in [6.45, 7) is 3.77. The van der Waals surface area contributed by atoms with Crippen LogP contribution >= 0.6 is 11.6 Å². The van der Waals surface area contributed by atoms with Crippen molar-refractivity contribution in [2.24, 2.45) is 11.8 Å². The largest absolute Gasteiger partial charge is 0.453 e. The molecule has 2 aliphatic rings. The van der Waals surface area contributed by atoms with Crippen molar-refractivity contribution in [2.75, 3.05) is 60.2 Å². The molecule has 37 heavy (non-hydrogen) atoms. The van der Waals surface area contributed by atoms with Crippen molar-refractivity contribution in [3.8, 4) is 0 Å². The molecule has 1 aromatic rings. The third kappa shape index (κ3) is 9.59. The van der Waals surface area contributed by atoms with Crippen LogP contribution in [0.5, 0.6) is 0 Å². The molecule has 4 atom stereocenters. The molecule has 9 nitrogen and oxygen atoms in total. The van der Waals surface area contributed by atoms with Gasteiger partial charge in [0.25, 0.3) is 0 Å². The van der Waals surface area contributed by atoms with Crippen LogP contribution in [-0.2, 0) is 14.2 Å². The Morgan fingerprint density at radius 3 is 2.81 bits per heavy atom. The van der Waals surface area contributed by atoms with E-state index in [9.17, 15) is 14.0 Å². The first kappa shape index (κ1) is 29.4. The summed E-state index contributed by atoms with van der Waals surface area (Å²) >= 11 is 6.14. The van der Waals surface area contributed by atoms with Gasteiger partial charge in [0.2, 0.25) is 0 Å². The average Bonchev–Trinajstić information content (AvgIpc) is 2.88. The lowest BCUT2D eigenvalue weighted by molar-refractivity contribution is -0.00888. The number of hydrogen-bond acceptors (Lipinski definition) is 6. The van der Waals surface area contributed by atoms with E-state index in [1.807, 2.05) is 11.9 Å². The first-order chi connectivity index (χ1) is 17.9. The number of nitrogens with zero attached hydrogens (tertiary/aromatic N) is 1. The normalized spacial score (nSPS) is 21.7. The van der Waals surface area contributed by atoms with Crippen LogP contribution in [0.25, 0.3) is 0 Å². The number of piperidine rings is 1. The maximum Gasteiger partial charge on any atom is 0.406 e. The van der Waals surface area contributed by atoms with Gasteiger partial charge >= 0.3 is 12.1 Å². The number of alkyl carbamates (subject to hydrolysis) is 1. The van der Waals surface area contributed by atoms with Gasteiger partial charge in [0.15, 0.2) is 0 Å². The van der Waals surface area contributed by atoms with E-state index in [2.05, 4.69) is 20.7 Å². The molecule has 1 aromatic carbocycles. The maximum atomic E-state index is 14.2. The van der Waals surface area contributed by atoms with Crippen molar-refractivity contribution in [2.45, 2.75) is 44.2 Å². The summed E-state index contributed by atoms with van der Waals surface area (Å²) in [4.78, 5) is 26.5. The Morgan fingerprint density at radius 1 is 1.27 bits per heavy atom. The molecule has 2 heterocycles. The van der Waals surface area contributed by atoms with Crippen molar-refractivity contribution in [3.63, 3.8) is 0 Å². The molecule has 3 rings (SSSR count). The third-order valence-corrected chi connectivity index (χ3v) is 7.11. The van der Waals surface area contributed by atoms with E-state index in [0.29, 0.717) is 31.1 Å². The number of nitrogens with one attached hydrogen (secondary N) is 3. The zero-order valence-electron chi connectivity index (χ0n) is 21.8. The highest BCUT2D eigenvalue weighted by Gasteiger charge is 2.32. The minimum absolute atomic E-state index is 0.00282. The summed E-state index contributed by atoms with van der Waals surface area (Å²) in [5, 5.41) is 9.26. The van der Waals surface area contributed by atoms with Crippen LogP contribution in [0, 0.1) is 17.7 Å². The number of methoxy groups -OCH3 is 1. The highest BCUT2D eigenvalue weighted by molar-refractivity contribution is 6.30. The number of carbonyl (C=O) groups excluding carboxylic acids is 2. The van der Waals surface area contributed by atoms with Gasteiger partial charge in [-0.2, -0.15) is 0 Å². The summed E-state index contributed by atoms with van der Waals surface area (Å²) in [7, 11) is 3.17. The zero-order chi connectivity index (χ0) is 26.6. The molecule has 0 radical (unpaired) electrons. The summed E-state index contributed by atoms with van der Waals surface area (Å²) in [6, 6.07) is 4.25. The van der Waals surface area contributed by atoms with Gasteiger partial charge in [0.1, 0.15) is 5.82 Å². The highest BCUT2D eigenvalue weighted by atomic mass is 35.5. The number of carbonyl (C=O) groups is 2. The molecule has 0 spiro atoms. The second-order valence-corrected chi connectivity index (χ2v) is 10.2. The lowest BCUT2D eigenvalue weighted by Crippen LogP contribution is -2.52. The molecule has 0 saturated carbocycles. The number of likely N-dealkylation sites (tertiary alicyclic amines) is 1. The molecular formula is C26H40ClFN4O5. The van der Waals surface area contributed by atoms with Gasteiger partial charge in [-0.05, 0) is 68.8 Å². The standard InChI is InChI=1S/C26H40ClFN4O5/c1-29-15-23(11-18-5-4-9-36-17-18)31-25(33)32-8-3-6-19(16-32)24(37-10-7-30-26(34)35-2)20-12-21(27)14-22(28)13-20/h12-14,18-19,23-24,29H,3-11,15-17H2,1-2H3,(H,30,34)(H,31,33)/t18-,19+,23+,24+/m0/s1. The second-order valence-electron chi connectivity index (χ2n) is 9.78. The van der Waals surface area contributed by atoms with Crippen molar-refractivity contribution < 1.29 is 28.2 Å². The average molecular weight is 543 g/mol. The van der Waals surface area contributed by atoms with Crippen molar-refractivity contribution in [1.82, 2.24) is 20.9 Å². The summed E-state index contributed by atoms with van der Waals surface area (Å²) in [6.07, 6.45) is 3.60. The molecule has 2 aliphatic heterocycles. The summed E-state index contributed by atoms with van der Waals surface area (Å²) in [5.41, 5.74) is 0.612. The second kappa shape index (κ2) is 15.3. The molecule has 3 N–H and O–H groups in total. The fourth-order valence-corrected chi connectivity index (χ4v) is 5.43. The van der Waals surface area contributed by atoms with Crippen LogP contribution in [0.15, 0.2) is 18.2 Å². The number of benzene rings is 1. The SMILES string of the molecule is CNC[C@@H](C[C@@H]1CCCOC1)NC(=O)N1CCC[C@@H]([C@@H](OCCNC(=O)OC)c2cc(F)cc(Cl)c2)C1. The van der Waals surface area contributed by atoms with Crippen molar-refractivity contribution in [1.29, 1.82) is 0 Å². The zero-order valence-corrected chi connectivity index (χ0v) is 22.5. The van der Waals surface area contributed by atoms with E-state index in [1.165, 1.54) is 19.2 Å². The third-order valence-electron chi connectivity index (χ3n) is 6.89. The lowest BCUT2D eigenvalue weighted by atomic mass is 9.88. The van der Waals surface area contributed by atoms with Gasteiger partial charge in [-0.3, -0.25) is 0 Å². The van der Waals surface area contributed by atoms with Crippen LogP contribution < -0.4 is 16.0 Å². The predicted molar refractivity (Wildman–Crippen MR) is 139 cm³/mol. The smallest absolute Gasteiger partial charge is 0.406 e. The molecule has 11 heteroatoms. The predicted octanol–water partition coefficient (Wildman–Crippen LogP) is 3.72. The van der Waals surface area contributed by atoms with E-state index >= 15 is 0 Å². The van der Waals surface area contributed by atoms with E-state index in [4.69, 9.17) is 21.1 Å². The number of ether oxygens (including phenoxy) is 3. The minimum atomic E-state index is -0.551. The first-order valence-electron chi connectivity index (χ1n) is 13.1. The monoisotopic (exact) mass is 542 g/mol. The molecule has 3 amide bonds. The van der Waals surface area contributed by atoms with Crippen LogP contribution in [-0.4, -0.2) is 83.2 Å². The number of hydrogen-bond donors (Lipinski definition) is 3. The number of likely N-dealkylation sites (N-methyl/N-ethyl adjacent to an activating group) is 1. The topological polar surface area (TPSA) is 101 Å². The van der Waals surface area contributed by atoms with E-state index in [1.54, 1.807) is 6.07 Å². The van der Waals surface area contributed by atoms with Crippen LogP contribution in [0.1, 0.15) is 43.8 Å². The number of rotatable bonds is 11. The quantitative estimate of drug-likeness (QED) is 0.368. The Bertz CT molecular complexity index is 853. The molecule has 0 aliphatic carbocycles. The van der Waals surface area contributed by atoms with Crippen LogP contribution in [0.2, 0.25) is 5.02 Å². The Kier molecular flexibility index (Phi) is 12.2. The van der Waals surface area contributed by atoms with E-state index in [0.717, 1.165) is 45.3 Å². The van der Waals surface area contributed by atoms with Crippen molar-refractivity contribution in [3.05, 3.63) is 34.6 Å². The van der Waals surface area contributed by atoms with Crippen LogP contribution in [0.4, 0.5) is 14.0 Å². The molecule has 0 unspecified atom stereocenters. The van der Waals surface area contributed by atoms with E-state index < -0.39 is 18.0 Å². The van der Waals surface area contributed by atoms with Crippen molar-refractivity contribution >= 4 is 23.7 Å². The van der Waals surface area contributed by atoms with E-state index in [-0.39, 0.29) is 36.2 Å². The van der Waals surface area contributed by atoms with Gasteiger partial charge in [-0.15, -0.1) is 0 Å². The number of urea groups is 1. The van der Waals surface area contributed by atoms with Crippen LogP contribution in [0.3, 0.4) is 0 Å². The maximum absolute atomic E-state index is 14.2. The molecule has 2 saturated heterocycles. The summed E-state index contributed by atoms with van der Waals surface area (Å²) < 4.78 is 30.6. The van der Waals surface area contributed by atoms with Gasteiger partial charge < -0.3 is 35.1 Å². The molecule has 208 valence electrons. The molecule has 0 aromatic heterocycles. The Balaban J connectivity index is 1.65. The van der Waals surface area contributed by atoms with Gasteiger partial charge in [0, 0.05) is 56.4 Å². The summed E-state index contributed by atoms with van der Waals surface area (Å²) in [5.74, 6) is -0.0728.